The van der Waals surface area contributed by atoms with Crippen LogP contribution in [0.1, 0.15) is 12.8 Å². The van der Waals surface area contributed by atoms with Crippen LogP contribution >= 0.6 is 0 Å². The van der Waals surface area contributed by atoms with E-state index >= 15 is 0 Å². The number of β-amino-alcohol motifs (C(OH)–C–C–N with tert-alkyl or cyclic N) is 1. The summed E-state index contributed by atoms with van der Waals surface area (Å²) in [5, 5.41) is 12.7. The van der Waals surface area contributed by atoms with E-state index in [1.54, 1.807) is 0 Å². The summed E-state index contributed by atoms with van der Waals surface area (Å²) in [6.45, 7) is 1.77. The molecule has 0 bridgehead atoms. The van der Waals surface area contributed by atoms with Crippen molar-refractivity contribution in [3.05, 3.63) is 0 Å². The van der Waals surface area contributed by atoms with Gasteiger partial charge in [0, 0.05) is 13.0 Å². The van der Waals surface area contributed by atoms with E-state index in [1.807, 2.05) is 0 Å². The van der Waals surface area contributed by atoms with Gasteiger partial charge in [0.25, 0.3) is 0 Å². The highest BCUT2D eigenvalue weighted by molar-refractivity contribution is 5.79. The number of aliphatic hydroxyl groups is 1. The van der Waals surface area contributed by atoms with E-state index in [9.17, 15) is 9.90 Å². The molecule has 0 aromatic carbocycles. The lowest BCUT2D eigenvalue weighted by molar-refractivity contribution is -0.153. The molecule has 2 N–H and O–H groups in total. The van der Waals surface area contributed by atoms with Crippen molar-refractivity contribution in [2.75, 3.05) is 19.7 Å². The first-order valence-electron chi connectivity index (χ1n) is 4.32. The minimum atomic E-state index is -0.578. The second kappa shape index (κ2) is 2.71. The lowest BCUT2D eigenvalue weighted by Crippen LogP contribution is -2.51. The summed E-state index contributed by atoms with van der Waals surface area (Å²) in [7, 11) is 0. The van der Waals surface area contributed by atoms with Crippen LogP contribution in [0.4, 0.5) is 0 Å². The number of carbonyl (C=O) groups excluding carboxylic acids is 1. The first-order valence-corrected chi connectivity index (χ1v) is 4.32. The number of piperidine rings is 1. The molecule has 2 saturated heterocycles. The van der Waals surface area contributed by atoms with Gasteiger partial charge in [-0.2, -0.15) is 0 Å². The Kier molecular flexibility index (Phi) is 1.81. The van der Waals surface area contributed by atoms with Crippen LogP contribution in [-0.2, 0) is 9.53 Å². The monoisotopic (exact) mass is 171 g/mol. The number of hydrogen-bond acceptors (Lipinski definition) is 4. The molecule has 4 heteroatoms. The van der Waals surface area contributed by atoms with Gasteiger partial charge >= 0.3 is 5.97 Å². The lowest BCUT2D eigenvalue weighted by atomic mass is 9.75. The molecule has 12 heavy (non-hydrogen) atoms. The highest BCUT2D eigenvalue weighted by atomic mass is 16.5. The summed E-state index contributed by atoms with van der Waals surface area (Å²) in [4.78, 5) is 11.4. The van der Waals surface area contributed by atoms with Crippen LogP contribution in [0.15, 0.2) is 0 Å². The smallest absolute Gasteiger partial charge is 0.314 e. The quantitative estimate of drug-likeness (QED) is 0.472. The highest BCUT2D eigenvalue weighted by Crippen LogP contribution is 2.38. The summed E-state index contributed by atoms with van der Waals surface area (Å²) in [5.74, 6) is -0.212. The van der Waals surface area contributed by atoms with Gasteiger partial charge in [0.2, 0.25) is 0 Å². The molecule has 0 unspecified atom stereocenters. The Hall–Kier alpha value is -0.610. The van der Waals surface area contributed by atoms with Crippen molar-refractivity contribution in [2.24, 2.45) is 5.41 Å². The molecule has 2 rings (SSSR count). The number of ether oxygens (including phenoxy) is 1. The fourth-order valence-corrected chi connectivity index (χ4v) is 2.01. The topological polar surface area (TPSA) is 58.6 Å². The Labute approximate surface area is 70.9 Å². The molecular weight excluding hydrogens is 158 g/mol. The van der Waals surface area contributed by atoms with Gasteiger partial charge in [-0.15, -0.1) is 0 Å². The molecule has 2 aliphatic heterocycles. The molecule has 2 atom stereocenters. The average molecular weight is 171 g/mol. The van der Waals surface area contributed by atoms with Crippen molar-refractivity contribution in [3.8, 4) is 0 Å². The summed E-state index contributed by atoms with van der Waals surface area (Å²) >= 11 is 0. The third kappa shape index (κ3) is 0.949. The second-order valence-corrected chi connectivity index (χ2v) is 3.51. The molecule has 2 fully saturated rings. The molecule has 0 radical (unpaired) electrons. The first-order chi connectivity index (χ1) is 5.76. The zero-order chi connectivity index (χ0) is 8.60. The molecule has 0 aromatic heterocycles. The predicted octanol–water partition coefficient (Wildman–Crippen LogP) is -0.726. The van der Waals surface area contributed by atoms with E-state index in [0.29, 0.717) is 26.0 Å². The SMILES string of the molecule is O=C1OCC[C@]12CCNC[C@H]2O. The number of cyclic esters (lactones) is 1. The van der Waals surface area contributed by atoms with Crippen LogP contribution in [-0.4, -0.2) is 36.9 Å². The van der Waals surface area contributed by atoms with Gasteiger partial charge < -0.3 is 15.2 Å². The summed E-state index contributed by atoms with van der Waals surface area (Å²) in [5.41, 5.74) is -0.578. The van der Waals surface area contributed by atoms with Gasteiger partial charge in [-0.3, -0.25) is 4.79 Å². The fraction of sp³-hybridized carbons (Fsp3) is 0.875. The van der Waals surface area contributed by atoms with Crippen molar-refractivity contribution >= 4 is 5.97 Å². The number of carbonyl (C=O) groups is 1. The molecule has 4 nitrogen and oxygen atoms in total. The van der Waals surface area contributed by atoms with Crippen LogP contribution in [0.2, 0.25) is 0 Å². The molecule has 2 heterocycles. The Morgan fingerprint density at radius 1 is 1.58 bits per heavy atom. The normalized spacial score (nSPS) is 41.8. The molecule has 2 aliphatic rings. The third-order valence-corrected chi connectivity index (χ3v) is 2.91. The Balaban J connectivity index is 2.21. The van der Waals surface area contributed by atoms with Crippen molar-refractivity contribution in [1.29, 1.82) is 0 Å². The molecule has 68 valence electrons. The standard InChI is InChI=1S/C8H13NO3/c10-6-5-9-3-1-8(6)2-4-12-7(8)11/h6,9-10H,1-5H2/t6-,8+/m1/s1. The molecular formula is C8H13NO3. The van der Waals surface area contributed by atoms with E-state index < -0.39 is 11.5 Å². The van der Waals surface area contributed by atoms with Gasteiger partial charge in [0.15, 0.2) is 0 Å². The van der Waals surface area contributed by atoms with Crippen LogP contribution in [0, 0.1) is 5.41 Å². The molecule has 1 spiro atoms. The Bertz CT molecular complexity index is 206. The first kappa shape index (κ1) is 8.01. The zero-order valence-corrected chi connectivity index (χ0v) is 6.88. The maximum absolute atomic E-state index is 11.4. The maximum atomic E-state index is 11.4. The van der Waals surface area contributed by atoms with E-state index in [4.69, 9.17) is 4.74 Å². The Morgan fingerprint density at radius 2 is 2.42 bits per heavy atom. The van der Waals surface area contributed by atoms with Crippen LogP contribution in [0.3, 0.4) is 0 Å². The van der Waals surface area contributed by atoms with Crippen LogP contribution in [0.25, 0.3) is 0 Å². The van der Waals surface area contributed by atoms with Gasteiger partial charge in [-0.25, -0.2) is 0 Å². The number of nitrogens with one attached hydrogen (secondary N) is 1. The van der Waals surface area contributed by atoms with Crippen molar-refractivity contribution in [1.82, 2.24) is 5.32 Å². The van der Waals surface area contributed by atoms with Crippen molar-refractivity contribution in [2.45, 2.75) is 18.9 Å². The molecule has 0 amide bonds. The maximum Gasteiger partial charge on any atom is 0.314 e. The number of rotatable bonds is 0. The summed E-state index contributed by atoms with van der Waals surface area (Å²) in [6, 6.07) is 0. The van der Waals surface area contributed by atoms with E-state index in [1.165, 1.54) is 0 Å². The average Bonchev–Trinajstić information content (AvgIpc) is 2.41. The minimum Gasteiger partial charge on any atom is -0.465 e. The van der Waals surface area contributed by atoms with Crippen LogP contribution < -0.4 is 5.32 Å². The van der Waals surface area contributed by atoms with Gasteiger partial charge in [-0.1, -0.05) is 0 Å². The van der Waals surface area contributed by atoms with Crippen molar-refractivity contribution in [3.63, 3.8) is 0 Å². The largest absolute Gasteiger partial charge is 0.465 e. The zero-order valence-electron chi connectivity index (χ0n) is 6.88. The highest BCUT2D eigenvalue weighted by Gasteiger charge is 2.51. The molecule has 0 aromatic rings. The predicted molar refractivity (Wildman–Crippen MR) is 41.5 cm³/mol. The third-order valence-electron chi connectivity index (χ3n) is 2.91. The molecule has 0 saturated carbocycles. The molecule has 0 aliphatic carbocycles. The van der Waals surface area contributed by atoms with E-state index in [0.717, 1.165) is 6.54 Å². The van der Waals surface area contributed by atoms with Crippen molar-refractivity contribution < 1.29 is 14.6 Å². The fourth-order valence-electron chi connectivity index (χ4n) is 2.01. The van der Waals surface area contributed by atoms with Gasteiger partial charge in [-0.05, 0) is 13.0 Å². The van der Waals surface area contributed by atoms with E-state index in [2.05, 4.69) is 5.32 Å². The minimum absolute atomic E-state index is 0.212. The number of esters is 1. The van der Waals surface area contributed by atoms with Gasteiger partial charge in [0.1, 0.15) is 0 Å². The summed E-state index contributed by atoms with van der Waals surface area (Å²) in [6.07, 6.45) is 0.808. The summed E-state index contributed by atoms with van der Waals surface area (Å²) < 4.78 is 4.89. The van der Waals surface area contributed by atoms with E-state index in [-0.39, 0.29) is 5.97 Å². The van der Waals surface area contributed by atoms with Gasteiger partial charge in [0.05, 0.1) is 18.1 Å². The Morgan fingerprint density at radius 3 is 3.00 bits per heavy atom. The number of hydrogen-bond donors (Lipinski definition) is 2. The lowest BCUT2D eigenvalue weighted by Gasteiger charge is -2.34. The second-order valence-electron chi connectivity index (χ2n) is 3.51. The number of aliphatic hydroxyl groups excluding tert-OH is 1. The van der Waals surface area contributed by atoms with Crippen LogP contribution in [0.5, 0.6) is 0 Å².